The van der Waals surface area contributed by atoms with E-state index in [0.29, 0.717) is 10.0 Å². The second-order valence-corrected chi connectivity index (χ2v) is 5.87. The van der Waals surface area contributed by atoms with Gasteiger partial charge in [-0.1, -0.05) is 28.6 Å². The third-order valence-electron chi connectivity index (χ3n) is 1.73. The third kappa shape index (κ3) is 3.45. The minimum Gasteiger partial charge on any atom is -0.207 e. The van der Waals surface area contributed by atoms with Gasteiger partial charge >= 0.3 is 0 Å². The summed E-state index contributed by atoms with van der Waals surface area (Å²) in [6.45, 7) is 3.63. The highest BCUT2D eigenvalue weighted by Gasteiger charge is 2.13. The van der Waals surface area contributed by atoms with Gasteiger partial charge in [0.25, 0.3) is 0 Å². The van der Waals surface area contributed by atoms with E-state index in [1.807, 2.05) is 6.07 Å². The first-order chi connectivity index (χ1) is 7.45. The van der Waals surface area contributed by atoms with Crippen LogP contribution in [0.2, 0.25) is 0 Å². The second kappa shape index (κ2) is 5.25. The highest BCUT2D eigenvalue weighted by molar-refractivity contribution is 9.11. The van der Waals surface area contributed by atoms with E-state index in [9.17, 15) is 8.42 Å². The molecule has 0 heterocycles. The molecule has 0 atom stereocenters. The number of benzene rings is 1. The van der Waals surface area contributed by atoms with E-state index >= 15 is 0 Å². The molecular formula is C10H9BrN2O2S. The van der Waals surface area contributed by atoms with Crippen molar-refractivity contribution in [1.82, 2.24) is 4.72 Å². The van der Waals surface area contributed by atoms with Crippen molar-refractivity contribution < 1.29 is 8.42 Å². The molecule has 4 nitrogen and oxygen atoms in total. The Balaban J connectivity index is 2.99. The molecule has 1 aromatic carbocycles. The van der Waals surface area contributed by atoms with Gasteiger partial charge in [-0.05, 0) is 18.2 Å². The van der Waals surface area contributed by atoms with Crippen LogP contribution in [0.15, 0.2) is 40.2 Å². The first kappa shape index (κ1) is 12.9. The number of nitrogens with one attached hydrogen (secondary N) is 1. The van der Waals surface area contributed by atoms with E-state index in [-0.39, 0.29) is 11.4 Å². The molecule has 84 valence electrons. The van der Waals surface area contributed by atoms with Crippen LogP contribution in [0.4, 0.5) is 0 Å². The monoisotopic (exact) mass is 300 g/mol. The molecule has 0 spiro atoms. The van der Waals surface area contributed by atoms with Crippen molar-refractivity contribution in [3.05, 3.63) is 40.9 Å². The first-order valence-corrected chi connectivity index (χ1v) is 6.56. The van der Waals surface area contributed by atoms with Crippen LogP contribution in [0.5, 0.6) is 0 Å². The molecule has 1 aromatic rings. The maximum absolute atomic E-state index is 11.7. The largest absolute Gasteiger partial charge is 0.240 e. The van der Waals surface area contributed by atoms with Crippen molar-refractivity contribution in [2.45, 2.75) is 4.90 Å². The number of nitrogens with zero attached hydrogens (tertiary/aromatic N) is 1. The fourth-order valence-corrected chi connectivity index (χ4v) is 2.39. The molecule has 0 aliphatic carbocycles. The van der Waals surface area contributed by atoms with Gasteiger partial charge in [-0.25, -0.2) is 13.1 Å². The van der Waals surface area contributed by atoms with Gasteiger partial charge in [-0.2, -0.15) is 5.26 Å². The summed E-state index contributed by atoms with van der Waals surface area (Å²) < 4.78 is 26.3. The molecule has 16 heavy (non-hydrogen) atoms. The molecule has 0 aliphatic rings. The smallest absolute Gasteiger partial charge is 0.207 e. The van der Waals surface area contributed by atoms with Crippen molar-refractivity contribution in [1.29, 1.82) is 5.26 Å². The lowest BCUT2D eigenvalue weighted by molar-refractivity contribution is 0.585. The molecule has 0 aliphatic heterocycles. The lowest BCUT2D eigenvalue weighted by Gasteiger charge is -2.05. The summed E-state index contributed by atoms with van der Waals surface area (Å²) in [6.07, 6.45) is 0. The van der Waals surface area contributed by atoms with Crippen molar-refractivity contribution in [2.24, 2.45) is 0 Å². The summed E-state index contributed by atoms with van der Waals surface area (Å²) in [5.41, 5.74) is 0.306. The standard InChI is InChI=1S/C10H9BrN2O2S/c1-8(11)7-13-16(14,15)10-4-2-3-9(5-10)6-12/h2-5,13H,1,7H2. The molecule has 1 rings (SSSR count). The average Bonchev–Trinajstić information content (AvgIpc) is 2.27. The minimum absolute atomic E-state index is 0.0697. The van der Waals surface area contributed by atoms with Gasteiger partial charge in [0.05, 0.1) is 16.5 Å². The number of sulfonamides is 1. The van der Waals surface area contributed by atoms with Gasteiger partial charge in [0, 0.05) is 11.0 Å². The Hall–Kier alpha value is -1.16. The van der Waals surface area contributed by atoms with Crippen LogP contribution in [0.25, 0.3) is 0 Å². The molecule has 0 unspecified atom stereocenters. The quantitative estimate of drug-likeness (QED) is 0.921. The van der Waals surface area contributed by atoms with Gasteiger partial charge in [-0.3, -0.25) is 0 Å². The SMILES string of the molecule is C=C(Br)CNS(=O)(=O)c1cccc(C#N)c1. The van der Waals surface area contributed by atoms with Crippen LogP contribution in [-0.2, 0) is 10.0 Å². The van der Waals surface area contributed by atoms with E-state index in [2.05, 4.69) is 27.2 Å². The van der Waals surface area contributed by atoms with Crippen LogP contribution in [-0.4, -0.2) is 15.0 Å². The molecule has 0 radical (unpaired) electrons. The maximum Gasteiger partial charge on any atom is 0.240 e. The first-order valence-electron chi connectivity index (χ1n) is 4.29. The van der Waals surface area contributed by atoms with Crippen LogP contribution >= 0.6 is 15.9 Å². The lowest BCUT2D eigenvalue weighted by atomic mass is 10.2. The Bertz CT molecular complexity index is 546. The molecule has 6 heteroatoms. The summed E-state index contributed by atoms with van der Waals surface area (Å²) in [6, 6.07) is 7.70. The molecule has 0 fully saturated rings. The van der Waals surface area contributed by atoms with Gasteiger partial charge in [0.2, 0.25) is 10.0 Å². The zero-order chi connectivity index (χ0) is 12.2. The third-order valence-corrected chi connectivity index (χ3v) is 3.41. The fourth-order valence-electron chi connectivity index (χ4n) is 0.989. The topological polar surface area (TPSA) is 70.0 Å². The van der Waals surface area contributed by atoms with Crippen molar-refractivity contribution in [3.8, 4) is 6.07 Å². The van der Waals surface area contributed by atoms with Gasteiger partial charge in [-0.15, -0.1) is 0 Å². The molecule has 0 amide bonds. The molecule has 1 N–H and O–H groups in total. The van der Waals surface area contributed by atoms with Crippen molar-refractivity contribution in [3.63, 3.8) is 0 Å². The Morgan fingerprint density at radius 1 is 1.56 bits per heavy atom. The molecule has 0 aromatic heterocycles. The number of hydrogen-bond acceptors (Lipinski definition) is 3. The van der Waals surface area contributed by atoms with Crippen LogP contribution in [0, 0.1) is 11.3 Å². The Kier molecular flexibility index (Phi) is 4.24. The van der Waals surface area contributed by atoms with Crippen molar-refractivity contribution >= 4 is 26.0 Å². The van der Waals surface area contributed by atoms with Gasteiger partial charge in [0.15, 0.2) is 0 Å². The van der Waals surface area contributed by atoms with Gasteiger partial charge in [0.1, 0.15) is 0 Å². The number of nitriles is 1. The summed E-state index contributed by atoms with van der Waals surface area (Å²) in [5, 5.41) is 8.66. The molecular weight excluding hydrogens is 292 g/mol. The highest BCUT2D eigenvalue weighted by Crippen LogP contribution is 2.11. The van der Waals surface area contributed by atoms with Crippen LogP contribution < -0.4 is 4.72 Å². The Morgan fingerprint density at radius 3 is 2.81 bits per heavy atom. The molecule has 0 saturated carbocycles. The van der Waals surface area contributed by atoms with Crippen LogP contribution in [0.1, 0.15) is 5.56 Å². The van der Waals surface area contributed by atoms with E-state index in [4.69, 9.17) is 5.26 Å². The zero-order valence-electron chi connectivity index (χ0n) is 8.27. The van der Waals surface area contributed by atoms with Crippen LogP contribution in [0.3, 0.4) is 0 Å². The summed E-state index contributed by atoms with van der Waals surface area (Å²) in [7, 11) is -3.58. The van der Waals surface area contributed by atoms with E-state index in [1.54, 1.807) is 6.07 Å². The van der Waals surface area contributed by atoms with E-state index < -0.39 is 10.0 Å². The lowest BCUT2D eigenvalue weighted by Crippen LogP contribution is -2.24. The van der Waals surface area contributed by atoms with E-state index in [0.717, 1.165) is 0 Å². The maximum atomic E-state index is 11.7. The predicted octanol–water partition coefficient (Wildman–Crippen LogP) is 1.75. The summed E-state index contributed by atoms with van der Waals surface area (Å²) in [4.78, 5) is 0.0697. The predicted molar refractivity (Wildman–Crippen MR) is 64.4 cm³/mol. The second-order valence-electron chi connectivity index (χ2n) is 2.98. The number of halogens is 1. The minimum atomic E-state index is -3.58. The number of hydrogen-bond donors (Lipinski definition) is 1. The average molecular weight is 301 g/mol. The highest BCUT2D eigenvalue weighted by atomic mass is 79.9. The van der Waals surface area contributed by atoms with E-state index in [1.165, 1.54) is 18.2 Å². The Labute approximate surface area is 103 Å². The number of rotatable bonds is 4. The normalized spacial score (nSPS) is 10.8. The fraction of sp³-hybridized carbons (Fsp3) is 0.100. The molecule has 0 bridgehead atoms. The summed E-state index contributed by atoms with van der Waals surface area (Å²) in [5.74, 6) is 0. The zero-order valence-corrected chi connectivity index (χ0v) is 10.7. The Morgan fingerprint density at radius 2 is 2.25 bits per heavy atom. The van der Waals surface area contributed by atoms with Crippen molar-refractivity contribution in [2.75, 3.05) is 6.54 Å². The molecule has 0 saturated heterocycles. The van der Waals surface area contributed by atoms with Gasteiger partial charge < -0.3 is 0 Å². The summed E-state index contributed by atoms with van der Waals surface area (Å²) >= 11 is 3.05.